The average Bonchev–Trinajstić information content (AvgIpc) is 1.81. The fraction of sp³-hybridized carbons (Fsp3) is 1.00. The molecule has 0 aromatic carbocycles. The Morgan fingerprint density at radius 3 is 1.21 bits per heavy atom. The van der Waals surface area contributed by atoms with Crippen molar-refractivity contribution in [3.05, 3.63) is 0 Å². The van der Waals surface area contributed by atoms with Gasteiger partial charge in [-0.25, -0.2) is 16.8 Å². The van der Waals surface area contributed by atoms with Crippen molar-refractivity contribution >= 4 is 20.2 Å². The summed E-state index contributed by atoms with van der Waals surface area (Å²) in [6.45, 7) is -2.00. The molecule has 0 aromatic rings. The number of rotatable bonds is 3. The van der Waals surface area contributed by atoms with E-state index < -0.39 is 31.1 Å². The fourth-order valence-corrected chi connectivity index (χ4v) is 1.60. The molecule has 0 aromatic heterocycles. The summed E-state index contributed by atoms with van der Waals surface area (Å²) in [7, 11) is -11.6. The molecule has 0 atom stereocenters. The van der Waals surface area contributed by atoms with E-state index in [1.54, 1.807) is 0 Å². The van der Waals surface area contributed by atoms with Gasteiger partial charge in [-0.05, 0) is 0 Å². The van der Waals surface area contributed by atoms with Crippen LogP contribution in [0.5, 0.6) is 0 Å². The number of aliphatic hydroxyl groups excluding tert-OH is 1. The zero-order valence-electron chi connectivity index (χ0n) is 7.37. The van der Waals surface area contributed by atoms with Gasteiger partial charge in [-0.15, -0.1) is 0 Å². The monoisotopic (exact) mass is 266 g/mol. The van der Waals surface area contributed by atoms with Crippen LogP contribution in [0.25, 0.3) is 0 Å². The first kappa shape index (κ1) is 21.1. The van der Waals surface area contributed by atoms with Gasteiger partial charge >= 0.3 is 59.1 Å². The van der Waals surface area contributed by atoms with E-state index in [9.17, 15) is 25.9 Å². The molecule has 0 radical (unpaired) electrons. The Labute approximate surface area is 125 Å². The van der Waals surface area contributed by atoms with Gasteiger partial charge in [0.05, 0.1) is 6.61 Å². The minimum Gasteiger partial charge on any atom is -0.745 e. The standard InChI is InChI=1S/C2H6O8S2.2Na/c3-1-2(4,11(5,6)7)12(8,9)10;;/h3-4H,1H2,(H,5,6,7)(H,8,9,10);;/q;2*+1/p-2. The number of aliphatic hydroxyl groups is 2. The summed E-state index contributed by atoms with van der Waals surface area (Å²) in [4.78, 5) is 0. The molecule has 14 heavy (non-hydrogen) atoms. The van der Waals surface area contributed by atoms with E-state index in [2.05, 4.69) is 0 Å². The van der Waals surface area contributed by atoms with Gasteiger partial charge < -0.3 is 19.3 Å². The maximum Gasteiger partial charge on any atom is 1.00 e. The van der Waals surface area contributed by atoms with Crippen LogP contribution < -0.4 is 59.1 Å². The Hall–Kier alpha value is 1.74. The summed E-state index contributed by atoms with van der Waals surface area (Å²) in [6, 6.07) is 0. The minimum atomic E-state index is -5.82. The van der Waals surface area contributed by atoms with E-state index in [0.29, 0.717) is 0 Å². The smallest absolute Gasteiger partial charge is 0.745 e. The Balaban J connectivity index is -0.000000605. The van der Waals surface area contributed by atoms with Crippen molar-refractivity contribution in [1.29, 1.82) is 0 Å². The molecule has 0 fully saturated rings. The second kappa shape index (κ2) is 6.47. The van der Waals surface area contributed by atoms with Crippen LogP contribution in [0.2, 0.25) is 0 Å². The molecule has 0 bridgehead atoms. The van der Waals surface area contributed by atoms with Crippen molar-refractivity contribution in [3.63, 3.8) is 0 Å². The Morgan fingerprint density at radius 1 is 1.00 bits per heavy atom. The van der Waals surface area contributed by atoms with E-state index in [-0.39, 0.29) is 59.1 Å². The van der Waals surface area contributed by atoms with Crippen molar-refractivity contribution in [2.24, 2.45) is 0 Å². The van der Waals surface area contributed by atoms with Crippen LogP contribution in [0.4, 0.5) is 0 Å². The van der Waals surface area contributed by atoms with Crippen LogP contribution in [-0.4, -0.2) is 47.0 Å². The predicted molar refractivity (Wildman–Crippen MR) is 31.4 cm³/mol. The fourth-order valence-electron chi connectivity index (χ4n) is 0.283. The largest absolute Gasteiger partial charge is 1.00 e. The van der Waals surface area contributed by atoms with Gasteiger partial charge in [-0.1, -0.05) is 0 Å². The van der Waals surface area contributed by atoms with Gasteiger partial charge in [0.25, 0.3) is 4.27 Å². The second-order valence-electron chi connectivity index (χ2n) is 1.78. The van der Waals surface area contributed by atoms with Crippen molar-refractivity contribution < 1.29 is 95.3 Å². The molecule has 2 N–H and O–H groups in total. The van der Waals surface area contributed by atoms with E-state index in [1.807, 2.05) is 0 Å². The summed E-state index contributed by atoms with van der Waals surface area (Å²) >= 11 is 0. The van der Waals surface area contributed by atoms with Gasteiger partial charge in [-0.3, -0.25) is 0 Å². The molecule has 0 saturated heterocycles. The summed E-state index contributed by atoms with van der Waals surface area (Å²) < 4.78 is 55.7. The van der Waals surface area contributed by atoms with E-state index in [0.717, 1.165) is 0 Å². The molecule has 12 heteroatoms. The zero-order valence-corrected chi connectivity index (χ0v) is 13.0. The van der Waals surface area contributed by atoms with Gasteiger partial charge in [-0.2, -0.15) is 0 Å². The van der Waals surface area contributed by atoms with Gasteiger partial charge in [0, 0.05) is 0 Å². The van der Waals surface area contributed by atoms with Crippen LogP contribution in [0, 0.1) is 0 Å². The van der Waals surface area contributed by atoms with Crippen molar-refractivity contribution in [2.75, 3.05) is 6.61 Å². The Morgan fingerprint density at radius 2 is 1.21 bits per heavy atom. The molecule has 0 aliphatic carbocycles. The minimum absolute atomic E-state index is 0. The number of hydrogen-bond donors (Lipinski definition) is 2. The summed E-state index contributed by atoms with van der Waals surface area (Å²) in [5.41, 5.74) is 0. The zero-order chi connectivity index (χ0) is 10.2. The maximum absolute atomic E-state index is 9.99. The van der Waals surface area contributed by atoms with Crippen molar-refractivity contribution in [1.82, 2.24) is 0 Å². The third kappa shape index (κ3) is 4.31. The Bertz CT molecular complexity index is 323. The number of hydrogen-bond acceptors (Lipinski definition) is 8. The molecule has 74 valence electrons. The van der Waals surface area contributed by atoms with Crippen LogP contribution >= 0.6 is 0 Å². The average molecular weight is 266 g/mol. The molecular weight excluding hydrogens is 262 g/mol. The summed E-state index contributed by atoms with van der Waals surface area (Å²) in [6.07, 6.45) is 0. The molecular formula is C2H4Na2O8S2. The summed E-state index contributed by atoms with van der Waals surface area (Å²) in [5.74, 6) is 0. The maximum atomic E-state index is 9.99. The van der Waals surface area contributed by atoms with Crippen LogP contribution in [0.15, 0.2) is 0 Å². The van der Waals surface area contributed by atoms with Gasteiger partial charge in [0.2, 0.25) is 0 Å². The third-order valence-electron chi connectivity index (χ3n) is 0.981. The molecule has 0 aliphatic heterocycles. The van der Waals surface area contributed by atoms with Crippen molar-refractivity contribution in [3.8, 4) is 0 Å². The SMILES string of the molecule is O=S(=O)([O-])C(O)(CO)S(=O)(=O)[O-].[Na+].[Na+]. The van der Waals surface area contributed by atoms with Crippen LogP contribution in [0.3, 0.4) is 0 Å². The molecule has 0 rings (SSSR count). The van der Waals surface area contributed by atoms with E-state index >= 15 is 0 Å². The molecule has 0 saturated carbocycles. The van der Waals surface area contributed by atoms with Crippen LogP contribution in [0.1, 0.15) is 0 Å². The molecule has 0 aliphatic rings. The predicted octanol–water partition coefficient (Wildman–Crippen LogP) is -9.28. The first-order valence-corrected chi connectivity index (χ1v) is 5.12. The third-order valence-corrected chi connectivity index (χ3v) is 4.03. The molecule has 8 nitrogen and oxygen atoms in total. The second-order valence-corrected chi connectivity index (χ2v) is 5.20. The first-order chi connectivity index (χ1) is 5.06. The Kier molecular flexibility index (Phi) is 9.74. The summed E-state index contributed by atoms with van der Waals surface area (Å²) in [5, 5.41) is 16.5. The normalized spacial score (nSPS) is 12.6. The molecule has 0 unspecified atom stereocenters. The molecule has 0 heterocycles. The van der Waals surface area contributed by atoms with E-state index in [1.165, 1.54) is 0 Å². The van der Waals surface area contributed by atoms with Crippen molar-refractivity contribution in [2.45, 2.75) is 4.27 Å². The van der Waals surface area contributed by atoms with E-state index in [4.69, 9.17) is 10.2 Å². The molecule has 0 amide bonds. The van der Waals surface area contributed by atoms with Gasteiger partial charge in [0.1, 0.15) is 20.2 Å². The van der Waals surface area contributed by atoms with Crippen LogP contribution in [-0.2, 0) is 20.2 Å². The molecule has 0 spiro atoms. The van der Waals surface area contributed by atoms with Gasteiger partial charge in [0.15, 0.2) is 0 Å². The first-order valence-electron chi connectivity index (χ1n) is 2.30. The topological polar surface area (TPSA) is 155 Å². The quantitative estimate of drug-likeness (QED) is 0.377.